The second-order valence-corrected chi connectivity index (χ2v) is 11.3. The first-order valence-electron chi connectivity index (χ1n) is 11.5. The third-order valence-corrected chi connectivity index (χ3v) is 10.3. The Labute approximate surface area is 176 Å². The van der Waals surface area contributed by atoms with Crippen molar-refractivity contribution in [1.82, 2.24) is 0 Å². The lowest BCUT2D eigenvalue weighted by Gasteiger charge is -2.65. The van der Waals surface area contributed by atoms with E-state index in [4.69, 9.17) is 9.15 Å². The number of ether oxygens (including phenoxy) is 1. The molecule has 3 N–H and O–H groups in total. The summed E-state index contributed by atoms with van der Waals surface area (Å²) in [6.45, 7) is 4.37. The summed E-state index contributed by atoms with van der Waals surface area (Å²) in [7, 11) is 0. The molecule has 0 bridgehead atoms. The zero-order chi connectivity index (χ0) is 21.1. The molecule has 10 atom stereocenters. The Kier molecular flexibility index (Phi) is 3.75. The van der Waals surface area contributed by atoms with Crippen LogP contribution in [0.2, 0.25) is 0 Å². The number of aliphatic hydroxyl groups is 3. The van der Waals surface area contributed by atoms with Crippen molar-refractivity contribution in [1.29, 1.82) is 0 Å². The monoisotopic (exact) mass is 416 g/mol. The normalized spacial score (nSPS) is 56.4. The van der Waals surface area contributed by atoms with Gasteiger partial charge in [-0.2, -0.15) is 0 Å². The quantitative estimate of drug-likeness (QED) is 0.607. The topological polar surface area (TPSA) is 103 Å². The number of fused-ring (bicyclic) bond motifs is 3. The predicted octanol–water partition coefficient (Wildman–Crippen LogP) is 2.34. The molecule has 0 amide bonds. The summed E-state index contributed by atoms with van der Waals surface area (Å²) in [5, 5.41) is 33.4. The van der Waals surface area contributed by atoms with Gasteiger partial charge in [0.1, 0.15) is 5.60 Å². The highest BCUT2D eigenvalue weighted by molar-refractivity contribution is 5.36. The van der Waals surface area contributed by atoms with Crippen LogP contribution >= 0.6 is 0 Å². The van der Waals surface area contributed by atoms with Crippen molar-refractivity contribution in [3.05, 3.63) is 34.4 Å². The third kappa shape index (κ3) is 2.11. The molecule has 4 aliphatic carbocycles. The van der Waals surface area contributed by atoms with Crippen molar-refractivity contribution < 1.29 is 24.5 Å². The molecule has 1 aliphatic heterocycles. The second-order valence-electron chi connectivity index (χ2n) is 11.3. The Morgan fingerprint density at radius 1 is 1.07 bits per heavy atom. The van der Waals surface area contributed by atoms with Crippen LogP contribution in [0.1, 0.15) is 70.3 Å². The van der Waals surface area contributed by atoms with Gasteiger partial charge in [0.25, 0.3) is 0 Å². The van der Waals surface area contributed by atoms with E-state index in [-0.39, 0.29) is 40.5 Å². The molecule has 0 unspecified atom stereocenters. The van der Waals surface area contributed by atoms with Gasteiger partial charge >= 0.3 is 5.63 Å². The number of epoxide rings is 1. The average Bonchev–Trinajstić information content (AvgIpc) is 3.35. The van der Waals surface area contributed by atoms with E-state index in [0.717, 1.165) is 24.8 Å². The minimum absolute atomic E-state index is 0.0331. The lowest BCUT2D eigenvalue weighted by molar-refractivity contribution is -0.248. The summed E-state index contributed by atoms with van der Waals surface area (Å²) in [6, 6.07) is 3.34. The predicted molar refractivity (Wildman–Crippen MR) is 108 cm³/mol. The molecule has 0 radical (unpaired) electrons. The first-order chi connectivity index (χ1) is 14.1. The number of hydrogen-bond acceptors (Lipinski definition) is 6. The fraction of sp³-hybridized carbons (Fsp3) is 0.792. The summed E-state index contributed by atoms with van der Waals surface area (Å²) in [5.41, 5.74) is -1.20. The Hall–Kier alpha value is -1.21. The smallest absolute Gasteiger partial charge is 0.335 e. The van der Waals surface area contributed by atoms with Crippen LogP contribution in [0.5, 0.6) is 0 Å². The molecule has 5 fully saturated rings. The Morgan fingerprint density at radius 2 is 1.87 bits per heavy atom. The largest absolute Gasteiger partial charge is 0.431 e. The zero-order valence-electron chi connectivity index (χ0n) is 17.7. The van der Waals surface area contributed by atoms with Crippen molar-refractivity contribution in [2.24, 2.45) is 22.7 Å². The van der Waals surface area contributed by atoms with Gasteiger partial charge in [0, 0.05) is 23.3 Å². The lowest BCUT2D eigenvalue weighted by atomic mass is 9.42. The van der Waals surface area contributed by atoms with Gasteiger partial charge < -0.3 is 24.5 Å². The Balaban J connectivity index is 1.41. The highest BCUT2D eigenvalue weighted by atomic mass is 16.6. The van der Waals surface area contributed by atoms with Gasteiger partial charge in [-0.25, -0.2) is 4.79 Å². The first kappa shape index (κ1) is 19.5. The van der Waals surface area contributed by atoms with Crippen molar-refractivity contribution in [3.63, 3.8) is 0 Å². The van der Waals surface area contributed by atoms with E-state index < -0.39 is 23.2 Å². The van der Waals surface area contributed by atoms with Crippen molar-refractivity contribution in [3.8, 4) is 0 Å². The van der Waals surface area contributed by atoms with Gasteiger partial charge in [0.15, 0.2) is 0 Å². The number of rotatable bonds is 1. The van der Waals surface area contributed by atoms with E-state index in [1.165, 1.54) is 6.07 Å². The van der Waals surface area contributed by atoms with Crippen LogP contribution in [0.4, 0.5) is 0 Å². The van der Waals surface area contributed by atoms with Crippen molar-refractivity contribution in [2.75, 3.05) is 0 Å². The zero-order valence-corrected chi connectivity index (χ0v) is 17.7. The van der Waals surface area contributed by atoms with E-state index in [9.17, 15) is 20.1 Å². The van der Waals surface area contributed by atoms with Gasteiger partial charge in [0.05, 0.1) is 30.2 Å². The van der Waals surface area contributed by atoms with Gasteiger partial charge in [-0.1, -0.05) is 13.8 Å². The van der Waals surface area contributed by atoms with E-state index in [1.807, 2.05) is 6.07 Å². The van der Waals surface area contributed by atoms with Gasteiger partial charge in [-0.15, -0.1) is 0 Å². The van der Waals surface area contributed by atoms with E-state index in [2.05, 4.69) is 13.8 Å². The molecule has 5 aliphatic rings. The fourth-order valence-electron chi connectivity index (χ4n) is 8.84. The van der Waals surface area contributed by atoms with E-state index >= 15 is 0 Å². The molecule has 6 rings (SSSR count). The SMILES string of the molecule is C[C@]12CC[C@H](O)C[C@@]1(O)CC[C@@H]1[C@@H]2[C@H](O)C[C@]2(C)[C@@H](c3ccc(=O)oc3)C[C@H]3O[C@]132. The number of hydrogen-bond donors (Lipinski definition) is 3. The highest BCUT2D eigenvalue weighted by Crippen LogP contribution is 2.78. The number of aliphatic hydroxyl groups excluding tert-OH is 2. The maximum absolute atomic E-state index is 11.6. The van der Waals surface area contributed by atoms with Gasteiger partial charge in [0.2, 0.25) is 0 Å². The summed E-state index contributed by atoms with van der Waals surface area (Å²) in [5.74, 6) is 0.338. The van der Waals surface area contributed by atoms with Crippen molar-refractivity contribution in [2.45, 2.75) is 94.2 Å². The minimum Gasteiger partial charge on any atom is -0.431 e. The molecule has 30 heavy (non-hydrogen) atoms. The molecular weight excluding hydrogens is 384 g/mol. The fourth-order valence-corrected chi connectivity index (χ4v) is 8.84. The maximum Gasteiger partial charge on any atom is 0.335 e. The standard InChI is InChI=1S/C24H32O6/c1-21-7-5-14(25)10-23(21,28)8-6-15-20(21)17(26)11-22(2)16(9-18-24(15,22)30-18)13-3-4-19(27)29-12-13/h3-4,12,14-18,20,25-26,28H,5-11H2,1-2H3/t14-,15+,16+,17+,18+,20+,21+,22+,23-,24+/m0/s1. The molecule has 1 spiro atoms. The lowest BCUT2D eigenvalue weighted by Crippen LogP contribution is -2.68. The Morgan fingerprint density at radius 3 is 2.60 bits per heavy atom. The van der Waals surface area contributed by atoms with Crippen LogP contribution in [0.25, 0.3) is 0 Å². The molecule has 6 heteroatoms. The first-order valence-corrected chi connectivity index (χ1v) is 11.5. The van der Waals surface area contributed by atoms with Gasteiger partial charge in [-0.3, -0.25) is 0 Å². The summed E-state index contributed by atoms with van der Waals surface area (Å²) in [6.07, 6.45) is 5.50. The van der Waals surface area contributed by atoms with Crippen LogP contribution < -0.4 is 5.63 Å². The van der Waals surface area contributed by atoms with Crippen molar-refractivity contribution >= 4 is 0 Å². The second kappa shape index (κ2) is 5.77. The van der Waals surface area contributed by atoms with Gasteiger partial charge in [-0.05, 0) is 67.9 Å². The minimum atomic E-state index is -0.928. The average molecular weight is 417 g/mol. The molecule has 0 aromatic carbocycles. The molecule has 1 aromatic heterocycles. The van der Waals surface area contributed by atoms with Crippen LogP contribution in [0, 0.1) is 22.7 Å². The summed E-state index contributed by atoms with van der Waals surface area (Å²) >= 11 is 0. The Bertz CT molecular complexity index is 923. The molecule has 1 aromatic rings. The molecule has 164 valence electrons. The van der Waals surface area contributed by atoms with Crippen LogP contribution in [-0.4, -0.2) is 44.8 Å². The van der Waals surface area contributed by atoms with E-state index in [1.54, 1.807) is 6.26 Å². The maximum atomic E-state index is 11.6. The van der Waals surface area contributed by atoms with Crippen LogP contribution in [-0.2, 0) is 4.74 Å². The molecule has 4 saturated carbocycles. The van der Waals surface area contributed by atoms with Crippen LogP contribution in [0.15, 0.2) is 27.6 Å². The summed E-state index contributed by atoms with van der Waals surface area (Å²) < 4.78 is 11.7. The summed E-state index contributed by atoms with van der Waals surface area (Å²) in [4.78, 5) is 11.5. The van der Waals surface area contributed by atoms with E-state index in [0.29, 0.717) is 25.7 Å². The molecular formula is C24H32O6. The van der Waals surface area contributed by atoms with Crippen LogP contribution in [0.3, 0.4) is 0 Å². The molecule has 2 heterocycles. The third-order valence-electron chi connectivity index (χ3n) is 10.3. The molecule has 6 nitrogen and oxygen atoms in total. The molecule has 1 saturated heterocycles. The highest BCUT2D eigenvalue weighted by Gasteiger charge is 2.82.